The second kappa shape index (κ2) is 11.9. The number of nitrogen functional groups attached to an aromatic ring is 1. The number of aromatic nitrogens is 2. The number of anilines is 2. The first kappa shape index (κ1) is 27.4. The zero-order valence-electron chi connectivity index (χ0n) is 23.1. The fourth-order valence-corrected chi connectivity index (χ4v) is 5.45. The van der Waals surface area contributed by atoms with Gasteiger partial charge in [-0.05, 0) is 30.9 Å². The van der Waals surface area contributed by atoms with Gasteiger partial charge in [-0.25, -0.2) is 4.98 Å². The highest BCUT2D eigenvalue weighted by molar-refractivity contribution is 5.91. The van der Waals surface area contributed by atoms with E-state index in [0.29, 0.717) is 53.8 Å². The van der Waals surface area contributed by atoms with Crippen LogP contribution in [0.2, 0.25) is 0 Å². The lowest BCUT2D eigenvalue weighted by Gasteiger charge is -2.44. The highest BCUT2D eigenvalue weighted by atomic mass is 16.5. The summed E-state index contributed by atoms with van der Waals surface area (Å²) >= 11 is 0. The van der Waals surface area contributed by atoms with Gasteiger partial charge in [-0.3, -0.25) is 4.79 Å². The van der Waals surface area contributed by atoms with Gasteiger partial charge in [-0.15, -0.1) is 0 Å². The Balaban J connectivity index is 1.62. The Hall–Kier alpha value is -3.59. The van der Waals surface area contributed by atoms with E-state index in [2.05, 4.69) is 41.1 Å². The van der Waals surface area contributed by atoms with E-state index < -0.39 is 0 Å². The maximum absolute atomic E-state index is 13.1. The van der Waals surface area contributed by atoms with Crippen molar-refractivity contribution in [2.75, 3.05) is 58.6 Å². The van der Waals surface area contributed by atoms with Crippen molar-refractivity contribution in [2.45, 2.75) is 44.1 Å². The van der Waals surface area contributed by atoms with Crippen LogP contribution in [-0.4, -0.2) is 74.9 Å². The van der Waals surface area contributed by atoms with Crippen molar-refractivity contribution < 1.29 is 19.0 Å². The van der Waals surface area contributed by atoms with Crippen LogP contribution in [-0.2, 0) is 14.9 Å². The van der Waals surface area contributed by atoms with Crippen molar-refractivity contribution >= 4 is 28.6 Å². The highest BCUT2D eigenvalue weighted by Gasteiger charge is 2.40. The van der Waals surface area contributed by atoms with Crippen LogP contribution in [0.25, 0.3) is 10.9 Å². The molecule has 2 N–H and O–H groups in total. The fraction of sp³-hybridized carbons (Fsp3) is 0.483. The number of carbonyl (C=O) groups excluding carboxylic acids is 1. The third-order valence-electron chi connectivity index (χ3n) is 7.63. The molecule has 1 unspecified atom stereocenters. The van der Waals surface area contributed by atoms with Crippen molar-refractivity contribution in [2.24, 2.45) is 0 Å². The van der Waals surface area contributed by atoms with E-state index in [0.717, 1.165) is 25.7 Å². The molecule has 0 saturated carbocycles. The molecule has 1 aliphatic heterocycles. The standard InChI is InChI=1S/C29H39N5O4/c1-6-10-23(36-3)27(35)34-15-13-29(14-16-34,20-11-8-7-9-12-20)19-33(2)28-31-22-18-25(38-5)24(37-4)17-21(22)26(30)32-28/h7-9,11-12,17-18,23H,6,10,13-16,19H2,1-5H3,(H2,30,31,32). The number of carbonyl (C=O) groups is 1. The Bertz CT molecular complexity index is 1240. The van der Waals surface area contributed by atoms with Crippen LogP contribution in [0.5, 0.6) is 11.5 Å². The van der Waals surface area contributed by atoms with E-state index in [-0.39, 0.29) is 17.4 Å². The quantitative estimate of drug-likeness (QED) is 0.426. The lowest BCUT2D eigenvalue weighted by atomic mass is 9.72. The SMILES string of the molecule is CCCC(OC)C(=O)N1CCC(CN(C)c2nc(N)c3cc(OC)c(OC)cc3n2)(c2ccccc2)CC1. The zero-order chi connectivity index (χ0) is 27.3. The summed E-state index contributed by atoms with van der Waals surface area (Å²) in [6, 6.07) is 14.1. The molecule has 0 aliphatic carbocycles. The number of likely N-dealkylation sites (tertiary alicyclic amines) is 1. The van der Waals surface area contributed by atoms with Gasteiger partial charge in [0.25, 0.3) is 5.91 Å². The van der Waals surface area contributed by atoms with Gasteiger partial charge in [0, 0.05) is 50.7 Å². The number of hydrogen-bond acceptors (Lipinski definition) is 8. The number of methoxy groups -OCH3 is 3. The van der Waals surface area contributed by atoms with E-state index >= 15 is 0 Å². The van der Waals surface area contributed by atoms with Gasteiger partial charge in [-0.2, -0.15) is 4.98 Å². The number of fused-ring (bicyclic) bond motifs is 1. The summed E-state index contributed by atoms with van der Waals surface area (Å²) in [4.78, 5) is 26.6. The number of nitrogens with two attached hydrogens (primary N) is 1. The zero-order valence-corrected chi connectivity index (χ0v) is 23.1. The maximum atomic E-state index is 13.1. The fourth-order valence-electron chi connectivity index (χ4n) is 5.45. The summed E-state index contributed by atoms with van der Waals surface area (Å²) in [6.07, 6.45) is 2.91. The third kappa shape index (κ3) is 5.48. The monoisotopic (exact) mass is 521 g/mol. The molecule has 1 fully saturated rings. The van der Waals surface area contributed by atoms with Crippen LogP contribution in [0, 0.1) is 0 Å². The average molecular weight is 522 g/mol. The second-order valence-electron chi connectivity index (χ2n) is 9.97. The Labute approximate surface area is 224 Å². The molecule has 0 radical (unpaired) electrons. The Morgan fingerprint density at radius 1 is 1.08 bits per heavy atom. The molecule has 1 atom stereocenters. The van der Waals surface area contributed by atoms with E-state index in [1.807, 2.05) is 24.1 Å². The number of piperidine rings is 1. The summed E-state index contributed by atoms with van der Waals surface area (Å²) in [5.74, 6) is 2.17. The van der Waals surface area contributed by atoms with Crippen LogP contribution in [0.15, 0.2) is 42.5 Å². The molecule has 9 heteroatoms. The predicted octanol–water partition coefficient (Wildman–Crippen LogP) is 4.04. The average Bonchev–Trinajstić information content (AvgIpc) is 2.95. The molecule has 204 valence electrons. The number of rotatable bonds is 10. The van der Waals surface area contributed by atoms with Gasteiger partial charge in [0.1, 0.15) is 11.9 Å². The second-order valence-corrected chi connectivity index (χ2v) is 9.97. The van der Waals surface area contributed by atoms with Gasteiger partial charge in [0.05, 0.1) is 19.7 Å². The van der Waals surface area contributed by atoms with Gasteiger partial charge in [0.2, 0.25) is 5.95 Å². The summed E-state index contributed by atoms with van der Waals surface area (Å²) in [7, 11) is 6.79. The molecular weight excluding hydrogens is 482 g/mol. The first-order chi connectivity index (χ1) is 18.4. The Morgan fingerprint density at radius 3 is 2.34 bits per heavy atom. The number of benzene rings is 2. The lowest BCUT2D eigenvalue weighted by Crippen LogP contribution is -2.52. The van der Waals surface area contributed by atoms with Gasteiger partial charge in [0.15, 0.2) is 11.5 Å². The highest BCUT2D eigenvalue weighted by Crippen LogP contribution is 2.38. The predicted molar refractivity (Wildman–Crippen MR) is 150 cm³/mol. The van der Waals surface area contributed by atoms with Crippen molar-refractivity contribution in [3.63, 3.8) is 0 Å². The molecule has 1 saturated heterocycles. The van der Waals surface area contributed by atoms with Crippen molar-refractivity contribution in [1.82, 2.24) is 14.9 Å². The minimum absolute atomic E-state index is 0.0828. The first-order valence-corrected chi connectivity index (χ1v) is 13.1. The molecule has 1 aliphatic rings. The number of hydrogen-bond donors (Lipinski definition) is 1. The summed E-state index contributed by atoms with van der Waals surface area (Å²) in [5, 5.41) is 0.712. The third-order valence-corrected chi connectivity index (χ3v) is 7.63. The summed E-state index contributed by atoms with van der Waals surface area (Å²) in [5.41, 5.74) is 8.13. The Kier molecular flexibility index (Phi) is 8.56. The smallest absolute Gasteiger partial charge is 0.251 e. The summed E-state index contributed by atoms with van der Waals surface area (Å²) in [6.45, 7) is 4.09. The minimum Gasteiger partial charge on any atom is -0.493 e. The molecule has 38 heavy (non-hydrogen) atoms. The van der Waals surface area contributed by atoms with Gasteiger partial charge < -0.3 is 29.7 Å². The normalized spacial score (nSPS) is 15.8. The lowest BCUT2D eigenvalue weighted by molar-refractivity contribution is -0.144. The molecule has 0 spiro atoms. The van der Waals surface area contributed by atoms with Gasteiger partial charge >= 0.3 is 0 Å². The number of nitrogens with zero attached hydrogens (tertiary/aromatic N) is 4. The van der Waals surface area contributed by atoms with E-state index in [1.54, 1.807) is 27.4 Å². The number of amides is 1. The molecule has 1 aromatic heterocycles. The van der Waals surface area contributed by atoms with Crippen molar-refractivity contribution in [3.05, 3.63) is 48.0 Å². The van der Waals surface area contributed by atoms with Crippen LogP contribution >= 0.6 is 0 Å². The number of likely N-dealkylation sites (N-methyl/N-ethyl adjacent to an activating group) is 1. The van der Waals surface area contributed by atoms with Crippen molar-refractivity contribution in [3.8, 4) is 11.5 Å². The molecule has 0 bridgehead atoms. The largest absolute Gasteiger partial charge is 0.493 e. The molecule has 1 amide bonds. The number of ether oxygens (including phenoxy) is 3. The molecule has 9 nitrogen and oxygen atoms in total. The van der Waals surface area contributed by atoms with Crippen LogP contribution in [0.1, 0.15) is 38.2 Å². The van der Waals surface area contributed by atoms with E-state index in [4.69, 9.17) is 24.9 Å². The molecule has 4 rings (SSSR count). The van der Waals surface area contributed by atoms with E-state index in [9.17, 15) is 4.79 Å². The first-order valence-electron chi connectivity index (χ1n) is 13.1. The maximum Gasteiger partial charge on any atom is 0.251 e. The Morgan fingerprint density at radius 2 is 1.74 bits per heavy atom. The van der Waals surface area contributed by atoms with Crippen molar-refractivity contribution in [1.29, 1.82) is 0 Å². The topological polar surface area (TPSA) is 103 Å². The molecule has 2 aromatic carbocycles. The van der Waals surface area contributed by atoms with E-state index in [1.165, 1.54) is 5.56 Å². The minimum atomic E-state index is -0.378. The van der Waals surface area contributed by atoms with Crippen LogP contribution in [0.3, 0.4) is 0 Å². The molecule has 2 heterocycles. The molecular formula is C29H39N5O4. The molecule has 3 aromatic rings. The summed E-state index contributed by atoms with van der Waals surface area (Å²) < 4.78 is 16.4. The van der Waals surface area contributed by atoms with Crippen LogP contribution in [0.4, 0.5) is 11.8 Å². The van der Waals surface area contributed by atoms with Crippen LogP contribution < -0.4 is 20.1 Å². The van der Waals surface area contributed by atoms with Gasteiger partial charge in [-0.1, -0.05) is 43.7 Å².